The second-order valence-corrected chi connectivity index (χ2v) is 10.7. The Morgan fingerprint density at radius 3 is 2.79 bits per heavy atom. The molecule has 0 saturated carbocycles. The molecule has 2 aliphatic rings. The number of carbonyl (C=O) groups is 1. The van der Waals surface area contributed by atoms with Gasteiger partial charge >= 0.3 is 0 Å². The molecule has 1 saturated heterocycles. The van der Waals surface area contributed by atoms with Gasteiger partial charge < -0.3 is 19.9 Å². The Balaban J connectivity index is 1.33. The quantitative estimate of drug-likeness (QED) is 0.481. The van der Waals surface area contributed by atoms with Crippen molar-refractivity contribution >= 4 is 11.9 Å². The highest BCUT2D eigenvalue weighted by Gasteiger charge is 2.39. The smallest absolute Gasteiger partial charge is 0.227 e. The van der Waals surface area contributed by atoms with Gasteiger partial charge in [0.15, 0.2) is 0 Å². The number of methoxy groups -OCH3 is 1. The van der Waals surface area contributed by atoms with E-state index in [-0.39, 0.29) is 23.8 Å². The molecule has 0 aliphatic carbocycles. The maximum Gasteiger partial charge on any atom is 0.227 e. The minimum atomic E-state index is -0.0443. The summed E-state index contributed by atoms with van der Waals surface area (Å²) in [6.45, 7) is 8.86. The van der Waals surface area contributed by atoms with E-state index >= 15 is 0 Å². The zero-order valence-corrected chi connectivity index (χ0v) is 22.8. The first-order valence-electron chi connectivity index (χ1n) is 13.7. The van der Waals surface area contributed by atoms with Crippen LogP contribution in [0.25, 0.3) is 0 Å². The molecule has 3 atom stereocenters. The standard InChI is InChI=1S/C31H39N5O2/c1-22-8-7-11-25(16-22)28-20-35(14-15-38-3)13-12-27(28)30(37)36-21-29-26(17-23(36)2)19-33-31(34-29)32-18-24-9-5-4-6-10-24/h4-11,16,19,23,27-28H,12-15,17-18,20-21H2,1-3H3,(H,32,33,34)/t23-,27+,28-/m1/s1. The van der Waals surface area contributed by atoms with Crippen LogP contribution in [0.4, 0.5) is 5.95 Å². The third-order valence-corrected chi connectivity index (χ3v) is 7.99. The predicted octanol–water partition coefficient (Wildman–Crippen LogP) is 4.42. The van der Waals surface area contributed by atoms with Crippen molar-refractivity contribution in [1.82, 2.24) is 19.8 Å². The fraction of sp³-hybridized carbons (Fsp3) is 0.452. The molecule has 1 amide bonds. The van der Waals surface area contributed by atoms with Crippen molar-refractivity contribution < 1.29 is 9.53 Å². The van der Waals surface area contributed by atoms with Gasteiger partial charge in [0, 0.05) is 50.8 Å². The number of piperidine rings is 1. The minimum absolute atomic E-state index is 0.0443. The van der Waals surface area contributed by atoms with Crippen molar-refractivity contribution in [3.8, 4) is 0 Å². The molecule has 38 heavy (non-hydrogen) atoms. The molecule has 5 rings (SSSR count). The predicted molar refractivity (Wildman–Crippen MR) is 150 cm³/mol. The molecule has 3 aromatic rings. The molecule has 0 spiro atoms. The summed E-state index contributed by atoms with van der Waals surface area (Å²) in [6.07, 6.45) is 3.56. The zero-order valence-electron chi connectivity index (χ0n) is 22.8. The van der Waals surface area contributed by atoms with E-state index < -0.39 is 0 Å². The second-order valence-electron chi connectivity index (χ2n) is 10.7. The average Bonchev–Trinajstić information content (AvgIpc) is 2.94. The Morgan fingerprint density at radius 2 is 2.00 bits per heavy atom. The van der Waals surface area contributed by atoms with Gasteiger partial charge in [-0.05, 0) is 49.9 Å². The van der Waals surface area contributed by atoms with Gasteiger partial charge in [0.05, 0.1) is 18.8 Å². The van der Waals surface area contributed by atoms with Gasteiger partial charge in [-0.1, -0.05) is 60.2 Å². The summed E-state index contributed by atoms with van der Waals surface area (Å²) in [5, 5.41) is 3.34. The lowest BCUT2D eigenvalue weighted by atomic mass is 9.79. The number of nitrogens with zero attached hydrogens (tertiary/aromatic N) is 4. The summed E-state index contributed by atoms with van der Waals surface area (Å²) < 4.78 is 5.34. The Hall–Kier alpha value is -3.29. The monoisotopic (exact) mass is 513 g/mol. The van der Waals surface area contributed by atoms with E-state index in [4.69, 9.17) is 9.72 Å². The van der Waals surface area contributed by atoms with Gasteiger partial charge in [0.2, 0.25) is 11.9 Å². The number of rotatable bonds is 8. The number of amides is 1. The molecule has 1 aromatic heterocycles. The van der Waals surface area contributed by atoms with Crippen molar-refractivity contribution in [3.05, 3.63) is 88.7 Å². The molecular formula is C31H39N5O2. The Kier molecular flexibility index (Phi) is 8.35. The molecule has 3 heterocycles. The first kappa shape index (κ1) is 26.3. The first-order chi connectivity index (χ1) is 18.5. The number of hydrogen-bond donors (Lipinski definition) is 1. The minimum Gasteiger partial charge on any atom is -0.383 e. The van der Waals surface area contributed by atoms with E-state index in [0.29, 0.717) is 25.6 Å². The van der Waals surface area contributed by atoms with Gasteiger partial charge in [-0.3, -0.25) is 4.79 Å². The fourth-order valence-electron chi connectivity index (χ4n) is 5.84. The van der Waals surface area contributed by atoms with Crippen LogP contribution in [0.3, 0.4) is 0 Å². The van der Waals surface area contributed by atoms with Crippen LogP contribution in [0.2, 0.25) is 0 Å². The summed E-state index contributed by atoms with van der Waals surface area (Å²) in [7, 11) is 1.75. The Bertz CT molecular complexity index is 1230. The van der Waals surface area contributed by atoms with Crippen LogP contribution < -0.4 is 5.32 Å². The fourth-order valence-corrected chi connectivity index (χ4v) is 5.84. The average molecular weight is 514 g/mol. The molecule has 1 fully saturated rings. The summed E-state index contributed by atoms with van der Waals surface area (Å²) >= 11 is 0. The van der Waals surface area contributed by atoms with E-state index in [2.05, 4.69) is 70.3 Å². The van der Waals surface area contributed by atoms with Gasteiger partial charge in [-0.25, -0.2) is 9.97 Å². The number of fused-ring (bicyclic) bond motifs is 1. The molecule has 0 unspecified atom stereocenters. The lowest BCUT2D eigenvalue weighted by Crippen LogP contribution is -2.51. The van der Waals surface area contributed by atoms with Gasteiger partial charge in [-0.2, -0.15) is 0 Å². The molecule has 1 N–H and O–H groups in total. The number of aromatic nitrogens is 2. The zero-order chi connectivity index (χ0) is 26.5. The summed E-state index contributed by atoms with van der Waals surface area (Å²) in [6, 6.07) is 19.0. The van der Waals surface area contributed by atoms with Crippen molar-refractivity contribution in [2.24, 2.45) is 5.92 Å². The van der Waals surface area contributed by atoms with E-state index in [0.717, 1.165) is 43.7 Å². The lowest BCUT2D eigenvalue weighted by Gasteiger charge is -2.42. The highest BCUT2D eigenvalue weighted by molar-refractivity contribution is 5.81. The molecular weight excluding hydrogens is 474 g/mol. The van der Waals surface area contributed by atoms with E-state index in [1.165, 1.54) is 16.7 Å². The first-order valence-corrected chi connectivity index (χ1v) is 13.7. The third-order valence-electron chi connectivity index (χ3n) is 7.99. The van der Waals surface area contributed by atoms with Crippen LogP contribution in [0.15, 0.2) is 60.8 Å². The van der Waals surface area contributed by atoms with Crippen molar-refractivity contribution in [1.29, 1.82) is 0 Å². The number of aryl methyl sites for hydroxylation is 1. The highest BCUT2D eigenvalue weighted by Crippen LogP contribution is 2.36. The number of carbonyl (C=O) groups excluding carboxylic acids is 1. The van der Waals surface area contributed by atoms with Crippen LogP contribution in [0.1, 0.15) is 47.2 Å². The molecule has 2 aromatic carbocycles. The second kappa shape index (κ2) is 12.0. The molecule has 7 heteroatoms. The van der Waals surface area contributed by atoms with E-state index in [1.807, 2.05) is 24.4 Å². The molecule has 0 bridgehead atoms. The van der Waals surface area contributed by atoms with Crippen LogP contribution in [-0.2, 0) is 29.0 Å². The van der Waals surface area contributed by atoms with E-state index in [1.54, 1.807) is 7.11 Å². The van der Waals surface area contributed by atoms with Crippen molar-refractivity contribution in [2.45, 2.75) is 51.7 Å². The van der Waals surface area contributed by atoms with Crippen LogP contribution in [0, 0.1) is 12.8 Å². The Morgan fingerprint density at radius 1 is 1.16 bits per heavy atom. The van der Waals surface area contributed by atoms with Crippen LogP contribution in [0.5, 0.6) is 0 Å². The number of nitrogens with one attached hydrogen (secondary N) is 1. The number of likely N-dealkylation sites (tertiary alicyclic amines) is 1. The van der Waals surface area contributed by atoms with E-state index in [9.17, 15) is 4.79 Å². The van der Waals surface area contributed by atoms with Crippen LogP contribution in [-0.4, -0.2) is 65.1 Å². The topological polar surface area (TPSA) is 70.6 Å². The van der Waals surface area contributed by atoms with Gasteiger partial charge in [0.1, 0.15) is 0 Å². The Labute approximate surface area is 226 Å². The maximum absolute atomic E-state index is 14.2. The molecule has 2 aliphatic heterocycles. The molecule has 0 radical (unpaired) electrons. The van der Waals surface area contributed by atoms with Gasteiger partial charge in [0.25, 0.3) is 0 Å². The third kappa shape index (κ3) is 6.05. The summed E-state index contributed by atoms with van der Waals surface area (Å²) in [5.74, 6) is 0.976. The van der Waals surface area contributed by atoms with Gasteiger partial charge in [-0.15, -0.1) is 0 Å². The number of anilines is 1. The summed E-state index contributed by atoms with van der Waals surface area (Å²) in [4.78, 5) is 28.1. The number of benzene rings is 2. The SMILES string of the molecule is COCCN1CC[C@H](C(=O)N2Cc3nc(NCc4ccccc4)ncc3C[C@H]2C)[C@@H](c2cccc(C)c2)C1. The number of ether oxygens (including phenoxy) is 1. The number of hydrogen-bond acceptors (Lipinski definition) is 6. The largest absolute Gasteiger partial charge is 0.383 e. The molecule has 200 valence electrons. The lowest BCUT2D eigenvalue weighted by molar-refractivity contribution is -0.141. The summed E-state index contributed by atoms with van der Waals surface area (Å²) in [5.41, 5.74) is 5.75. The van der Waals surface area contributed by atoms with Crippen LogP contribution >= 0.6 is 0 Å². The molecule has 7 nitrogen and oxygen atoms in total. The highest BCUT2D eigenvalue weighted by atomic mass is 16.5. The normalized spacial score (nSPS) is 21.7. The maximum atomic E-state index is 14.2. The van der Waals surface area contributed by atoms with Crippen molar-refractivity contribution in [2.75, 3.05) is 38.7 Å². The van der Waals surface area contributed by atoms with Crippen molar-refractivity contribution in [3.63, 3.8) is 0 Å².